The molecule has 5 rings (SSSR count). The van der Waals surface area contributed by atoms with Gasteiger partial charge in [0.15, 0.2) is 0 Å². The quantitative estimate of drug-likeness (QED) is 0.132. The van der Waals surface area contributed by atoms with E-state index in [-0.39, 0.29) is 12.1 Å². The lowest BCUT2D eigenvalue weighted by atomic mass is 9.98. The van der Waals surface area contributed by atoms with Gasteiger partial charge >= 0.3 is 6.03 Å². The lowest BCUT2D eigenvalue weighted by Crippen LogP contribution is -2.53. The molecule has 7 nitrogen and oxygen atoms in total. The van der Waals surface area contributed by atoms with Gasteiger partial charge in [0, 0.05) is 63.4 Å². The third kappa shape index (κ3) is 9.06. The lowest BCUT2D eigenvalue weighted by Gasteiger charge is -2.40. The van der Waals surface area contributed by atoms with E-state index in [0.717, 1.165) is 42.4 Å². The van der Waals surface area contributed by atoms with Gasteiger partial charge in [-0.1, -0.05) is 60.7 Å². The Morgan fingerprint density at radius 1 is 0.545 bits per heavy atom. The molecular weight excluding hydrogens is 544 g/mol. The molecular formula is C37H40N6O. The van der Waals surface area contributed by atoms with Crippen LogP contribution >= 0.6 is 0 Å². The van der Waals surface area contributed by atoms with Gasteiger partial charge in [-0.05, 0) is 89.9 Å². The minimum absolute atomic E-state index is 0.0135. The van der Waals surface area contributed by atoms with Gasteiger partial charge in [-0.25, -0.2) is 9.80 Å². The molecule has 2 aromatic carbocycles. The van der Waals surface area contributed by atoms with E-state index in [2.05, 4.69) is 68.4 Å². The molecule has 3 aromatic heterocycles. The summed E-state index contributed by atoms with van der Waals surface area (Å²) < 4.78 is 0. The summed E-state index contributed by atoms with van der Waals surface area (Å²) >= 11 is 0. The minimum Gasteiger partial charge on any atom is -0.316 e. The molecule has 5 aromatic rings. The van der Waals surface area contributed by atoms with Gasteiger partial charge in [0.25, 0.3) is 0 Å². The highest BCUT2D eigenvalue weighted by atomic mass is 16.2. The zero-order valence-corrected chi connectivity index (χ0v) is 25.3. The van der Waals surface area contributed by atoms with Crippen molar-refractivity contribution in [2.45, 2.75) is 51.4 Å². The number of benzene rings is 2. The molecule has 3 heterocycles. The Kier molecular flexibility index (Phi) is 11.2. The van der Waals surface area contributed by atoms with E-state index in [4.69, 9.17) is 0 Å². The van der Waals surface area contributed by atoms with Gasteiger partial charge in [0.05, 0.1) is 6.54 Å². The number of carbonyl (C=O) groups is 1. The highest BCUT2D eigenvalue weighted by molar-refractivity contribution is 5.74. The second kappa shape index (κ2) is 16.1. The van der Waals surface area contributed by atoms with Crippen molar-refractivity contribution in [3.63, 3.8) is 0 Å². The van der Waals surface area contributed by atoms with Gasteiger partial charge in [-0.3, -0.25) is 20.0 Å². The Morgan fingerprint density at radius 3 is 1.43 bits per heavy atom. The number of aryl methyl sites for hydroxylation is 2. The van der Waals surface area contributed by atoms with Crippen LogP contribution in [0.2, 0.25) is 0 Å². The maximum atomic E-state index is 14.9. The molecule has 0 aliphatic carbocycles. The van der Waals surface area contributed by atoms with E-state index >= 15 is 0 Å². The van der Waals surface area contributed by atoms with E-state index in [0.29, 0.717) is 19.6 Å². The Labute approximate surface area is 260 Å². The van der Waals surface area contributed by atoms with Crippen molar-refractivity contribution in [1.29, 1.82) is 0 Å². The number of aromatic nitrogens is 3. The molecule has 0 N–H and O–H groups in total. The number of amides is 2. The Morgan fingerprint density at radius 2 is 0.955 bits per heavy atom. The van der Waals surface area contributed by atoms with Crippen LogP contribution in [0.5, 0.6) is 0 Å². The second-order valence-corrected chi connectivity index (χ2v) is 11.1. The van der Waals surface area contributed by atoms with E-state index in [1.807, 2.05) is 90.4 Å². The van der Waals surface area contributed by atoms with Gasteiger partial charge in [-0.2, -0.15) is 0 Å². The first-order valence-corrected chi connectivity index (χ1v) is 15.2. The zero-order chi connectivity index (χ0) is 30.4. The standard InChI is InChI=1S/C37H40N6O/c1-41(28-33-8-4-2-5-9-33)43(30-34-10-6-3-7-11-34)37(44)42(29-35-20-26-40-27-21-35)36(14-12-31-16-22-38-23-17-31)15-13-32-18-24-39-25-19-32/h2-11,16-27,36H,12-15,28-30H2,1H3. The minimum atomic E-state index is -0.0152. The number of nitrogens with zero attached hydrogens (tertiary/aromatic N) is 6. The summed E-state index contributed by atoms with van der Waals surface area (Å²) in [5.41, 5.74) is 5.71. The molecule has 0 saturated heterocycles. The summed E-state index contributed by atoms with van der Waals surface area (Å²) in [5, 5.41) is 3.95. The summed E-state index contributed by atoms with van der Waals surface area (Å²) in [5.74, 6) is 0. The number of pyridine rings is 3. The van der Waals surface area contributed by atoms with Crippen LogP contribution in [0.3, 0.4) is 0 Å². The van der Waals surface area contributed by atoms with Crippen LogP contribution in [0.1, 0.15) is 40.7 Å². The number of rotatable bonds is 14. The van der Waals surface area contributed by atoms with E-state index in [9.17, 15) is 4.79 Å². The first kappa shape index (κ1) is 30.6. The molecule has 0 unspecified atom stereocenters. The van der Waals surface area contributed by atoms with Crippen LogP contribution in [0.4, 0.5) is 4.79 Å². The van der Waals surface area contributed by atoms with Gasteiger partial charge in [-0.15, -0.1) is 0 Å². The van der Waals surface area contributed by atoms with E-state index < -0.39 is 0 Å². The zero-order valence-electron chi connectivity index (χ0n) is 25.3. The molecule has 0 fully saturated rings. The molecule has 0 aliphatic heterocycles. The molecule has 2 amide bonds. The summed E-state index contributed by atoms with van der Waals surface area (Å²) in [4.78, 5) is 29.6. The molecule has 0 aliphatic rings. The summed E-state index contributed by atoms with van der Waals surface area (Å²) in [6.45, 7) is 1.57. The van der Waals surface area contributed by atoms with Crippen LogP contribution in [0.25, 0.3) is 0 Å². The van der Waals surface area contributed by atoms with Crippen molar-refractivity contribution in [2.24, 2.45) is 0 Å². The van der Waals surface area contributed by atoms with Gasteiger partial charge in [0.1, 0.15) is 0 Å². The molecule has 224 valence electrons. The Hall–Kier alpha value is -4.88. The normalized spacial score (nSPS) is 11.1. The number of carbonyl (C=O) groups excluding carboxylic acids is 1. The van der Waals surface area contributed by atoms with Crippen LogP contribution < -0.4 is 0 Å². The predicted octanol–water partition coefficient (Wildman–Crippen LogP) is 6.98. The fourth-order valence-corrected chi connectivity index (χ4v) is 5.43. The van der Waals surface area contributed by atoms with E-state index in [1.54, 1.807) is 12.4 Å². The highest BCUT2D eigenvalue weighted by Gasteiger charge is 2.30. The molecule has 0 atom stereocenters. The summed E-state index contributed by atoms with van der Waals surface area (Å²) in [6, 6.07) is 32.7. The molecule has 0 radical (unpaired) electrons. The number of hydrogen-bond donors (Lipinski definition) is 0. The van der Waals surface area contributed by atoms with Crippen LogP contribution in [-0.4, -0.2) is 49.0 Å². The Balaban J connectivity index is 1.48. The van der Waals surface area contributed by atoms with Gasteiger partial charge < -0.3 is 4.90 Å². The molecule has 7 heteroatoms. The third-order valence-electron chi connectivity index (χ3n) is 7.88. The van der Waals surface area contributed by atoms with Crippen LogP contribution in [0, 0.1) is 0 Å². The van der Waals surface area contributed by atoms with E-state index in [1.165, 1.54) is 11.1 Å². The van der Waals surface area contributed by atoms with Gasteiger partial charge in [0.2, 0.25) is 0 Å². The number of urea groups is 1. The second-order valence-electron chi connectivity index (χ2n) is 11.1. The first-order chi connectivity index (χ1) is 21.7. The van der Waals surface area contributed by atoms with Crippen molar-refractivity contribution in [3.8, 4) is 0 Å². The van der Waals surface area contributed by atoms with Crippen molar-refractivity contribution >= 4 is 6.03 Å². The largest absolute Gasteiger partial charge is 0.335 e. The third-order valence-corrected chi connectivity index (χ3v) is 7.88. The van der Waals surface area contributed by atoms with Crippen LogP contribution in [-0.2, 0) is 32.5 Å². The fourth-order valence-electron chi connectivity index (χ4n) is 5.43. The highest BCUT2D eigenvalue weighted by Crippen LogP contribution is 2.23. The average molecular weight is 585 g/mol. The van der Waals surface area contributed by atoms with Crippen molar-refractivity contribution in [3.05, 3.63) is 162 Å². The lowest BCUT2D eigenvalue weighted by molar-refractivity contribution is -0.00232. The smallest absolute Gasteiger partial charge is 0.316 e. The number of hydrazine groups is 1. The fraction of sp³-hybridized carbons (Fsp3) is 0.243. The average Bonchev–Trinajstić information content (AvgIpc) is 3.08. The van der Waals surface area contributed by atoms with Crippen LogP contribution in [0.15, 0.2) is 134 Å². The summed E-state index contributed by atoms with van der Waals surface area (Å²) in [7, 11) is 2.00. The molecule has 0 spiro atoms. The maximum Gasteiger partial charge on any atom is 0.335 e. The topological polar surface area (TPSA) is 65.5 Å². The van der Waals surface area contributed by atoms with Crippen molar-refractivity contribution in [1.82, 2.24) is 29.9 Å². The number of hydrogen-bond acceptors (Lipinski definition) is 5. The first-order valence-electron chi connectivity index (χ1n) is 15.2. The predicted molar refractivity (Wildman–Crippen MR) is 174 cm³/mol. The van der Waals surface area contributed by atoms with Crippen molar-refractivity contribution in [2.75, 3.05) is 7.05 Å². The molecule has 0 bridgehead atoms. The SMILES string of the molecule is CN(Cc1ccccc1)N(Cc1ccccc1)C(=O)N(Cc1ccncc1)C(CCc1ccncc1)CCc1ccncc1. The van der Waals surface area contributed by atoms with Crippen molar-refractivity contribution < 1.29 is 4.79 Å². The Bertz CT molecular complexity index is 1480. The molecule has 0 saturated carbocycles. The summed E-state index contributed by atoms with van der Waals surface area (Å²) in [6.07, 6.45) is 14.3. The maximum absolute atomic E-state index is 14.9. The monoisotopic (exact) mass is 584 g/mol. The molecule has 44 heavy (non-hydrogen) atoms.